The van der Waals surface area contributed by atoms with Crippen molar-refractivity contribution in [3.8, 4) is 0 Å². The van der Waals surface area contributed by atoms with Gasteiger partial charge in [0.1, 0.15) is 0 Å². The molecule has 5 nitrogen and oxygen atoms in total. The molecule has 0 aliphatic rings. The first-order valence-corrected chi connectivity index (χ1v) is 3.97. The first-order valence-electron chi connectivity index (χ1n) is 2.75. The second kappa shape index (κ2) is 9.62. The minimum Gasteiger partial charge on any atom is -0.469 e. The molecule has 0 aromatic carbocycles. The van der Waals surface area contributed by atoms with E-state index in [-0.39, 0.29) is 5.97 Å². The Labute approximate surface area is 66.6 Å². The summed E-state index contributed by atoms with van der Waals surface area (Å²) in [5, 5.41) is 0. The summed E-state index contributed by atoms with van der Waals surface area (Å²) in [4.78, 5) is 9.59. The summed E-state index contributed by atoms with van der Waals surface area (Å²) in [5.41, 5.74) is 0. The quantitative estimate of drug-likeness (QED) is 0.470. The zero-order valence-corrected chi connectivity index (χ0v) is 8.04. The van der Waals surface area contributed by atoms with Gasteiger partial charge in [0.05, 0.1) is 7.11 Å². The van der Waals surface area contributed by atoms with Gasteiger partial charge in [-0.05, 0) is 0 Å². The highest BCUT2D eigenvalue weighted by Gasteiger charge is 1.83. The van der Waals surface area contributed by atoms with E-state index in [2.05, 4.69) is 13.8 Å². The molecule has 0 radical (unpaired) electrons. The normalized spacial score (nSPS) is 8.45. The zero-order valence-electron chi connectivity index (χ0n) is 7.04. The Balaban J connectivity index is 0. The highest BCUT2D eigenvalue weighted by molar-refractivity contribution is 7.33. The Morgan fingerprint density at radius 2 is 1.45 bits per heavy atom. The maximum absolute atomic E-state index is 9.92. The second-order valence-corrected chi connectivity index (χ2v) is 2.67. The fourth-order valence-electron chi connectivity index (χ4n) is 0.0833. The molecule has 0 unspecified atom stereocenters. The number of hydrogen-bond donors (Lipinski definition) is 0. The molecule has 0 aromatic heterocycles. The lowest BCUT2D eigenvalue weighted by atomic mass is 10.8. The van der Waals surface area contributed by atoms with Crippen molar-refractivity contribution in [1.82, 2.24) is 0 Å². The fourth-order valence-corrected chi connectivity index (χ4v) is 0.250. The number of rotatable bonds is 2. The molecular weight excluding hydrogens is 171 g/mol. The summed E-state index contributed by atoms with van der Waals surface area (Å²) < 4.78 is 22.5. The van der Waals surface area contributed by atoms with Crippen LogP contribution in [0.15, 0.2) is 0 Å². The average molecular weight is 184 g/mol. The molecule has 0 amide bonds. The van der Waals surface area contributed by atoms with Crippen molar-refractivity contribution in [2.45, 2.75) is 6.92 Å². The van der Waals surface area contributed by atoms with Crippen molar-refractivity contribution < 1.29 is 23.1 Å². The van der Waals surface area contributed by atoms with Gasteiger partial charge in [0.15, 0.2) is 0 Å². The van der Waals surface area contributed by atoms with Gasteiger partial charge in [0.2, 0.25) is 0 Å². The standard InChI is InChI=1S/C3H6O2.C2H7O3P/c1-3(4)5-2;1-4-6(3)5-2/h1-2H3;6H,1-2H3. The predicted molar refractivity (Wildman–Crippen MR) is 40.7 cm³/mol. The smallest absolute Gasteiger partial charge is 0.318 e. The van der Waals surface area contributed by atoms with Crippen LogP contribution >= 0.6 is 8.25 Å². The van der Waals surface area contributed by atoms with Crippen LogP contribution in [0, 0.1) is 0 Å². The molecule has 0 aliphatic carbocycles. The summed E-state index contributed by atoms with van der Waals surface area (Å²) >= 11 is 0. The van der Waals surface area contributed by atoms with Crippen molar-refractivity contribution in [2.24, 2.45) is 0 Å². The lowest BCUT2D eigenvalue weighted by Crippen LogP contribution is -1.88. The van der Waals surface area contributed by atoms with E-state index in [1.165, 1.54) is 28.3 Å². The molecule has 0 spiro atoms. The topological polar surface area (TPSA) is 61.8 Å². The molecule has 0 N–H and O–H groups in total. The number of carbonyl (C=O) groups excluding carboxylic acids is 1. The van der Waals surface area contributed by atoms with Gasteiger partial charge in [-0.1, -0.05) is 0 Å². The Morgan fingerprint density at radius 3 is 1.45 bits per heavy atom. The van der Waals surface area contributed by atoms with Crippen molar-refractivity contribution in [3.63, 3.8) is 0 Å². The number of esters is 1. The van der Waals surface area contributed by atoms with Gasteiger partial charge >= 0.3 is 14.2 Å². The fraction of sp³-hybridized carbons (Fsp3) is 0.800. The molecule has 6 heteroatoms. The van der Waals surface area contributed by atoms with Gasteiger partial charge in [-0.3, -0.25) is 9.36 Å². The van der Waals surface area contributed by atoms with Crippen LogP contribution in [-0.4, -0.2) is 27.3 Å². The van der Waals surface area contributed by atoms with Gasteiger partial charge in [-0.25, -0.2) is 0 Å². The van der Waals surface area contributed by atoms with E-state index in [4.69, 9.17) is 0 Å². The Bertz CT molecular complexity index is 118. The molecule has 0 aliphatic heterocycles. The van der Waals surface area contributed by atoms with Gasteiger partial charge in [-0.2, -0.15) is 0 Å². The van der Waals surface area contributed by atoms with E-state index in [1.54, 1.807) is 0 Å². The van der Waals surface area contributed by atoms with E-state index < -0.39 is 8.25 Å². The van der Waals surface area contributed by atoms with Crippen LogP contribution in [0.3, 0.4) is 0 Å². The lowest BCUT2D eigenvalue weighted by Gasteiger charge is -1.89. The first-order chi connectivity index (χ1) is 5.08. The Hall–Kier alpha value is -0.380. The Kier molecular flexibility index (Phi) is 11.6. The van der Waals surface area contributed by atoms with Crippen LogP contribution in [0.5, 0.6) is 0 Å². The van der Waals surface area contributed by atoms with Gasteiger partial charge in [0.25, 0.3) is 0 Å². The van der Waals surface area contributed by atoms with E-state index in [0.717, 1.165) is 0 Å². The van der Waals surface area contributed by atoms with Crippen molar-refractivity contribution >= 4 is 14.2 Å². The maximum Gasteiger partial charge on any atom is 0.318 e. The molecule has 0 heterocycles. The van der Waals surface area contributed by atoms with Crippen molar-refractivity contribution in [3.05, 3.63) is 0 Å². The molecule has 0 saturated carbocycles. The van der Waals surface area contributed by atoms with E-state index in [9.17, 15) is 9.36 Å². The maximum atomic E-state index is 9.92. The van der Waals surface area contributed by atoms with Crippen LogP contribution in [-0.2, 0) is 23.1 Å². The molecule has 0 bridgehead atoms. The average Bonchev–Trinajstić information content (AvgIpc) is 2.04. The molecule has 0 atom stereocenters. The van der Waals surface area contributed by atoms with Crippen LogP contribution in [0.2, 0.25) is 0 Å². The predicted octanol–water partition coefficient (Wildman–Crippen LogP) is 0.848. The SMILES string of the molecule is COC(C)=O.CO[PH](=O)OC. The van der Waals surface area contributed by atoms with Crippen LogP contribution in [0.25, 0.3) is 0 Å². The monoisotopic (exact) mass is 184 g/mol. The Morgan fingerprint density at radius 1 is 1.18 bits per heavy atom. The number of ether oxygens (including phenoxy) is 1. The van der Waals surface area contributed by atoms with Crippen molar-refractivity contribution in [1.29, 1.82) is 0 Å². The molecule has 0 rings (SSSR count). The highest BCUT2D eigenvalue weighted by Crippen LogP contribution is 2.18. The number of carbonyl (C=O) groups is 1. The van der Waals surface area contributed by atoms with E-state index in [0.29, 0.717) is 0 Å². The zero-order chi connectivity index (χ0) is 9.28. The molecule has 0 fully saturated rings. The minimum atomic E-state index is -2.12. The third-order valence-electron chi connectivity index (χ3n) is 0.621. The third kappa shape index (κ3) is 17.7. The van der Waals surface area contributed by atoms with Gasteiger partial charge in [0, 0.05) is 21.1 Å². The van der Waals surface area contributed by atoms with Crippen LogP contribution in [0.1, 0.15) is 6.92 Å². The minimum absolute atomic E-state index is 0.245. The van der Waals surface area contributed by atoms with Gasteiger partial charge < -0.3 is 13.8 Å². The summed E-state index contributed by atoms with van der Waals surface area (Å²) in [7, 11) is 1.91. The summed E-state index contributed by atoms with van der Waals surface area (Å²) in [5.74, 6) is -0.245. The largest absolute Gasteiger partial charge is 0.469 e. The molecular formula is C5H13O5P. The summed E-state index contributed by atoms with van der Waals surface area (Å²) in [6.07, 6.45) is 0. The molecule has 68 valence electrons. The summed E-state index contributed by atoms with van der Waals surface area (Å²) in [6.45, 7) is 1.36. The second-order valence-electron chi connectivity index (χ2n) is 1.35. The van der Waals surface area contributed by atoms with Crippen molar-refractivity contribution in [2.75, 3.05) is 21.3 Å². The summed E-state index contributed by atoms with van der Waals surface area (Å²) in [6, 6.07) is 0. The van der Waals surface area contributed by atoms with Crippen LogP contribution < -0.4 is 0 Å². The number of hydrogen-bond acceptors (Lipinski definition) is 5. The molecule has 0 saturated heterocycles. The first kappa shape index (κ1) is 13.2. The number of methoxy groups -OCH3 is 1. The van der Waals surface area contributed by atoms with Gasteiger partial charge in [-0.15, -0.1) is 0 Å². The van der Waals surface area contributed by atoms with E-state index in [1.807, 2.05) is 0 Å². The molecule has 0 aromatic rings. The highest BCUT2D eigenvalue weighted by atomic mass is 31.1. The van der Waals surface area contributed by atoms with E-state index >= 15 is 0 Å². The molecule has 11 heavy (non-hydrogen) atoms. The third-order valence-corrected chi connectivity index (χ3v) is 1.29. The lowest BCUT2D eigenvalue weighted by molar-refractivity contribution is -0.137. The van der Waals surface area contributed by atoms with Crippen LogP contribution in [0.4, 0.5) is 0 Å².